The summed E-state index contributed by atoms with van der Waals surface area (Å²) in [6.07, 6.45) is 0. The molecule has 1 heterocycles. The molecule has 0 radical (unpaired) electrons. The van der Waals surface area contributed by atoms with Gasteiger partial charge < -0.3 is 5.32 Å². The summed E-state index contributed by atoms with van der Waals surface area (Å²) in [6.45, 7) is 5.10. The fourth-order valence-electron chi connectivity index (χ4n) is 2.09. The summed E-state index contributed by atoms with van der Waals surface area (Å²) in [5, 5.41) is 4.75. The predicted octanol–water partition coefficient (Wildman–Crippen LogP) is 3.75. The van der Waals surface area contributed by atoms with Crippen molar-refractivity contribution in [2.75, 3.05) is 13.6 Å². The molecule has 2 aromatic rings. The molecule has 1 N–H and O–H groups in total. The highest BCUT2D eigenvalue weighted by molar-refractivity contribution is 7.99. The highest BCUT2D eigenvalue weighted by atomic mass is 32.2. The Morgan fingerprint density at radius 2 is 1.89 bits per heavy atom. The summed E-state index contributed by atoms with van der Waals surface area (Å²) >= 11 is 1.82. The molecule has 1 aromatic carbocycles. The Kier molecular flexibility index (Phi) is 5.00. The fourth-order valence-corrected chi connectivity index (χ4v) is 3.38. The van der Waals surface area contributed by atoms with Crippen molar-refractivity contribution in [2.45, 2.75) is 24.1 Å². The summed E-state index contributed by atoms with van der Waals surface area (Å²) in [5.41, 5.74) is 3.69. The van der Waals surface area contributed by atoms with E-state index in [-0.39, 0.29) is 0 Å². The maximum atomic E-state index is 4.62. The van der Waals surface area contributed by atoms with Gasteiger partial charge in [0.2, 0.25) is 0 Å². The summed E-state index contributed by atoms with van der Waals surface area (Å²) in [4.78, 5) is 4.62. The lowest BCUT2D eigenvalue weighted by Crippen LogP contribution is -2.15. The zero-order valence-electron chi connectivity index (χ0n) is 11.7. The lowest BCUT2D eigenvalue weighted by atomic mass is 10.1. The average Bonchev–Trinajstić information content (AvgIpc) is 2.38. The molecule has 0 saturated heterocycles. The van der Waals surface area contributed by atoms with Crippen LogP contribution < -0.4 is 5.32 Å². The number of nitrogens with zero attached hydrogens (tertiary/aromatic N) is 1. The zero-order chi connectivity index (χ0) is 13.7. The van der Waals surface area contributed by atoms with E-state index in [1.54, 1.807) is 0 Å². The Balaban J connectivity index is 2.21. The number of hydrogen-bond donors (Lipinski definition) is 1. The lowest BCUT2D eigenvalue weighted by Gasteiger charge is -2.16. The highest BCUT2D eigenvalue weighted by Gasteiger charge is 2.13. The van der Waals surface area contributed by atoms with Gasteiger partial charge in [0.1, 0.15) is 0 Å². The molecule has 0 saturated carbocycles. The summed E-state index contributed by atoms with van der Waals surface area (Å²) < 4.78 is 0. The summed E-state index contributed by atoms with van der Waals surface area (Å²) in [7, 11) is 1.99. The smallest absolute Gasteiger partial charge is 0.0972 e. The van der Waals surface area contributed by atoms with Gasteiger partial charge in [0.15, 0.2) is 0 Å². The van der Waals surface area contributed by atoms with Gasteiger partial charge in [-0.1, -0.05) is 42.1 Å². The monoisotopic (exact) mass is 272 g/mol. The average molecular weight is 272 g/mol. The molecule has 3 heteroatoms. The molecule has 1 unspecified atom stereocenters. The molecular weight excluding hydrogens is 252 g/mol. The molecule has 2 nitrogen and oxygen atoms in total. The van der Waals surface area contributed by atoms with Crippen molar-refractivity contribution in [1.82, 2.24) is 10.3 Å². The van der Waals surface area contributed by atoms with Gasteiger partial charge in [0.25, 0.3) is 0 Å². The summed E-state index contributed by atoms with van der Waals surface area (Å²) in [5.74, 6) is 0. The Hall–Kier alpha value is -1.32. The van der Waals surface area contributed by atoms with Gasteiger partial charge in [-0.15, -0.1) is 0 Å². The van der Waals surface area contributed by atoms with Crippen LogP contribution in [0.4, 0.5) is 0 Å². The number of aromatic nitrogens is 1. The van der Waals surface area contributed by atoms with Gasteiger partial charge in [0, 0.05) is 17.5 Å². The van der Waals surface area contributed by atoms with Crippen LogP contribution in [0.15, 0.2) is 47.5 Å². The van der Waals surface area contributed by atoms with Crippen molar-refractivity contribution in [1.29, 1.82) is 0 Å². The predicted molar refractivity (Wildman–Crippen MR) is 82.7 cm³/mol. The van der Waals surface area contributed by atoms with Crippen LogP contribution >= 0.6 is 11.8 Å². The minimum absolute atomic E-state index is 0.389. The largest absolute Gasteiger partial charge is 0.318 e. The van der Waals surface area contributed by atoms with Crippen LogP contribution in [-0.4, -0.2) is 18.6 Å². The third-order valence-electron chi connectivity index (χ3n) is 2.90. The quantitative estimate of drug-likeness (QED) is 0.839. The molecule has 0 aliphatic heterocycles. The van der Waals surface area contributed by atoms with Crippen molar-refractivity contribution < 1.29 is 0 Å². The van der Waals surface area contributed by atoms with Crippen molar-refractivity contribution in [2.24, 2.45) is 0 Å². The van der Waals surface area contributed by atoms with E-state index in [4.69, 9.17) is 0 Å². The van der Waals surface area contributed by atoms with E-state index >= 15 is 0 Å². The molecule has 0 aliphatic carbocycles. The molecule has 1 aromatic heterocycles. The van der Waals surface area contributed by atoms with Crippen LogP contribution in [0.1, 0.15) is 22.1 Å². The topological polar surface area (TPSA) is 24.9 Å². The molecule has 1 atom stereocenters. The maximum absolute atomic E-state index is 4.62. The first-order valence-electron chi connectivity index (χ1n) is 6.50. The minimum atomic E-state index is 0.389. The molecule has 19 heavy (non-hydrogen) atoms. The summed E-state index contributed by atoms with van der Waals surface area (Å²) in [6, 6.07) is 14.9. The highest BCUT2D eigenvalue weighted by Crippen LogP contribution is 2.34. The molecule has 0 aliphatic rings. The van der Waals surface area contributed by atoms with Gasteiger partial charge >= 0.3 is 0 Å². The van der Waals surface area contributed by atoms with Gasteiger partial charge in [-0.25, -0.2) is 4.98 Å². The number of thioether (sulfide) groups is 1. The van der Waals surface area contributed by atoms with Gasteiger partial charge in [-0.05, 0) is 44.2 Å². The standard InChI is InChI=1S/C16H20N2S/c1-12-9-13(2)18-16(10-12)19-15(11-17-3)14-7-5-4-6-8-14/h4-10,15,17H,11H2,1-3H3. The first kappa shape index (κ1) is 14.1. The minimum Gasteiger partial charge on any atom is -0.318 e. The first-order chi connectivity index (χ1) is 9.19. The Morgan fingerprint density at radius 3 is 2.53 bits per heavy atom. The van der Waals surface area contributed by atoms with E-state index in [9.17, 15) is 0 Å². The molecule has 0 fully saturated rings. The first-order valence-corrected chi connectivity index (χ1v) is 7.38. The number of aryl methyl sites for hydroxylation is 2. The molecule has 0 bridgehead atoms. The van der Waals surface area contributed by atoms with Crippen molar-refractivity contribution in [3.63, 3.8) is 0 Å². The molecular formula is C16H20N2S. The van der Waals surface area contributed by atoms with Crippen molar-refractivity contribution in [3.05, 3.63) is 59.3 Å². The lowest BCUT2D eigenvalue weighted by molar-refractivity contribution is 0.776. The number of pyridine rings is 1. The Morgan fingerprint density at radius 1 is 1.16 bits per heavy atom. The van der Waals surface area contributed by atoms with Gasteiger partial charge in [-0.2, -0.15) is 0 Å². The van der Waals surface area contributed by atoms with Crippen LogP contribution in [-0.2, 0) is 0 Å². The van der Waals surface area contributed by atoms with E-state index in [0.717, 1.165) is 17.3 Å². The van der Waals surface area contributed by atoms with Crippen LogP contribution in [0.3, 0.4) is 0 Å². The molecule has 0 spiro atoms. The van der Waals surface area contributed by atoms with Crippen LogP contribution in [0, 0.1) is 13.8 Å². The van der Waals surface area contributed by atoms with E-state index in [2.05, 4.69) is 59.7 Å². The SMILES string of the molecule is CNCC(Sc1cc(C)cc(C)n1)c1ccccc1. The van der Waals surface area contributed by atoms with Crippen LogP contribution in [0.25, 0.3) is 0 Å². The second kappa shape index (κ2) is 6.73. The fraction of sp³-hybridized carbons (Fsp3) is 0.312. The third kappa shape index (κ3) is 4.08. The normalized spacial score (nSPS) is 12.4. The van der Waals surface area contributed by atoms with Crippen molar-refractivity contribution in [3.8, 4) is 0 Å². The molecule has 0 amide bonds. The van der Waals surface area contributed by atoms with E-state index in [1.165, 1.54) is 11.1 Å². The zero-order valence-corrected chi connectivity index (χ0v) is 12.5. The van der Waals surface area contributed by atoms with E-state index in [0.29, 0.717) is 5.25 Å². The number of likely N-dealkylation sites (N-methyl/N-ethyl adjacent to an activating group) is 1. The van der Waals surface area contributed by atoms with E-state index < -0.39 is 0 Å². The maximum Gasteiger partial charge on any atom is 0.0972 e. The van der Waals surface area contributed by atoms with Gasteiger partial charge in [0.05, 0.1) is 5.03 Å². The van der Waals surface area contributed by atoms with Gasteiger partial charge in [-0.3, -0.25) is 0 Å². The number of nitrogens with one attached hydrogen (secondary N) is 1. The Bertz CT molecular complexity index is 505. The molecule has 2 rings (SSSR count). The molecule has 100 valence electrons. The van der Waals surface area contributed by atoms with Crippen molar-refractivity contribution >= 4 is 11.8 Å². The number of rotatable bonds is 5. The number of benzene rings is 1. The second-order valence-corrected chi connectivity index (χ2v) is 5.92. The number of hydrogen-bond acceptors (Lipinski definition) is 3. The van der Waals surface area contributed by atoms with Crippen LogP contribution in [0.5, 0.6) is 0 Å². The Labute approximate surface area is 119 Å². The third-order valence-corrected chi connectivity index (χ3v) is 4.07. The van der Waals surface area contributed by atoms with E-state index in [1.807, 2.05) is 25.7 Å². The van der Waals surface area contributed by atoms with Crippen LogP contribution in [0.2, 0.25) is 0 Å². The second-order valence-electron chi connectivity index (χ2n) is 4.70.